The van der Waals surface area contributed by atoms with Crippen LogP contribution in [0.1, 0.15) is 11.4 Å². The second kappa shape index (κ2) is 4.25. The maximum Gasteiger partial charge on any atom is 0.417 e. The number of aryl methyl sites for hydroxylation is 1. The maximum absolute atomic E-state index is 13.0. The number of halogens is 4. The summed E-state index contributed by atoms with van der Waals surface area (Å²) in [5, 5.41) is 0. The molecule has 0 aliphatic heterocycles. The van der Waals surface area contributed by atoms with Gasteiger partial charge in [-0.05, 0) is 25.1 Å². The molecule has 0 atom stereocenters. The van der Waals surface area contributed by atoms with Gasteiger partial charge in [0.15, 0.2) is 0 Å². The molecule has 0 saturated heterocycles. The second-order valence-electron chi connectivity index (χ2n) is 4.14. The molecule has 2 rings (SSSR count). The molecule has 0 radical (unpaired) electrons. The van der Waals surface area contributed by atoms with Crippen LogP contribution in [0.2, 0.25) is 0 Å². The van der Waals surface area contributed by atoms with Crippen molar-refractivity contribution >= 4 is 5.82 Å². The Kier molecular flexibility index (Phi) is 3.00. The Labute approximate surface area is 106 Å². The maximum atomic E-state index is 13.0. The van der Waals surface area contributed by atoms with Crippen molar-refractivity contribution in [3.05, 3.63) is 35.4 Å². The van der Waals surface area contributed by atoms with Gasteiger partial charge in [-0.25, -0.2) is 9.37 Å². The van der Waals surface area contributed by atoms with Gasteiger partial charge in [-0.2, -0.15) is 13.2 Å². The number of hydrogen-bond donors (Lipinski definition) is 1. The van der Waals surface area contributed by atoms with Crippen molar-refractivity contribution in [1.29, 1.82) is 0 Å². The monoisotopic (exact) mass is 273 g/mol. The van der Waals surface area contributed by atoms with Gasteiger partial charge >= 0.3 is 6.18 Å². The fraction of sp³-hybridized carbons (Fsp3) is 0.250. The van der Waals surface area contributed by atoms with Gasteiger partial charge in [-0.1, -0.05) is 0 Å². The van der Waals surface area contributed by atoms with E-state index in [1.165, 1.54) is 4.57 Å². The van der Waals surface area contributed by atoms with E-state index in [4.69, 9.17) is 5.73 Å². The van der Waals surface area contributed by atoms with Crippen molar-refractivity contribution in [2.24, 2.45) is 7.05 Å². The minimum Gasteiger partial charge on any atom is -0.383 e. The van der Waals surface area contributed by atoms with E-state index >= 15 is 0 Å². The smallest absolute Gasteiger partial charge is 0.383 e. The van der Waals surface area contributed by atoms with Crippen molar-refractivity contribution in [1.82, 2.24) is 9.55 Å². The average Bonchev–Trinajstić information content (AvgIpc) is 2.56. The molecular formula is C12H11F4N3. The third-order valence-corrected chi connectivity index (χ3v) is 2.91. The van der Waals surface area contributed by atoms with E-state index < -0.39 is 17.6 Å². The van der Waals surface area contributed by atoms with Crippen molar-refractivity contribution < 1.29 is 17.6 Å². The third kappa shape index (κ3) is 2.27. The summed E-state index contributed by atoms with van der Waals surface area (Å²) in [6.07, 6.45) is -4.67. The van der Waals surface area contributed by atoms with E-state index in [0.29, 0.717) is 11.9 Å². The summed E-state index contributed by atoms with van der Waals surface area (Å²) in [6.45, 7) is 1.62. The molecule has 2 aromatic rings. The Bertz CT molecular complexity index is 629. The Morgan fingerprint density at radius 1 is 1.26 bits per heavy atom. The molecule has 0 amide bonds. The number of benzene rings is 1. The quantitative estimate of drug-likeness (QED) is 0.811. The molecule has 1 aromatic heterocycles. The molecule has 0 saturated carbocycles. The van der Waals surface area contributed by atoms with Crippen LogP contribution >= 0.6 is 0 Å². The van der Waals surface area contributed by atoms with Crippen LogP contribution in [-0.4, -0.2) is 9.55 Å². The molecule has 1 aromatic carbocycles. The minimum absolute atomic E-state index is 0.00678. The first-order chi connectivity index (χ1) is 8.71. The van der Waals surface area contributed by atoms with Crippen LogP contribution in [0.4, 0.5) is 23.4 Å². The van der Waals surface area contributed by atoms with Gasteiger partial charge in [0.1, 0.15) is 23.2 Å². The van der Waals surface area contributed by atoms with Crippen LogP contribution < -0.4 is 5.73 Å². The normalized spacial score (nSPS) is 11.9. The summed E-state index contributed by atoms with van der Waals surface area (Å²) in [5.74, 6) is -0.373. The van der Waals surface area contributed by atoms with Crippen LogP contribution in [0.5, 0.6) is 0 Å². The number of hydrogen-bond acceptors (Lipinski definition) is 2. The van der Waals surface area contributed by atoms with Gasteiger partial charge < -0.3 is 10.3 Å². The van der Waals surface area contributed by atoms with E-state index in [9.17, 15) is 17.6 Å². The molecule has 1 heterocycles. The summed E-state index contributed by atoms with van der Waals surface area (Å²) in [4.78, 5) is 4.00. The zero-order valence-corrected chi connectivity index (χ0v) is 10.2. The second-order valence-corrected chi connectivity index (χ2v) is 4.14. The Hall–Kier alpha value is -2.05. The van der Waals surface area contributed by atoms with Crippen LogP contribution in [0.3, 0.4) is 0 Å². The van der Waals surface area contributed by atoms with E-state index in [1.807, 2.05) is 0 Å². The molecule has 0 spiro atoms. The molecule has 0 aliphatic carbocycles. The molecule has 2 N–H and O–H groups in total. The van der Waals surface area contributed by atoms with Crippen LogP contribution in [-0.2, 0) is 13.2 Å². The average molecular weight is 273 g/mol. The Balaban J connectivity index is 2.72. The van der Waals surface area contributed by atoms with Gasteiger partial charge in [0.25, 0.3) is 0 Å². The largest absolute Gasteiger partial charge is 0.417 e. The van der Waals surface area contributed by atoms with Crippen molar-refractivity contribution in [2.45, 2.75) is 13.1 Å². The first-order valence-corrected chi connectivity index (χ1v) is 5.37. The lowest BCUT2D eigenvalue weighted by atomic mass is 10.0. The first kappa shape index (κ1) is 13.4. The predicted octanol–water partition coefficient (Wildman–Crippen LogP) is 3.14. The Morgan fingerprint density at radius 2 is 1.89 bits per heavy atom. The lowest BCUT2D eigenvalue weighted by Gasteiger charge is -2.12. The summed E-state index contributed by atoms with van der Waals surface area (Å²) < 4.78 is 53.2. The lowest BCUT2D eigenvalue weighted by molar-refractivity contribution is -0.137. The van der Waals surface area contributed by atoms with Crippen molar-refractivity contribution in [2.75, 3.05) is 5.73 Å². The number of alkyl halides is 3. The predicted molar refractivity (Wildman–Crippen MR) is 62.8 cm³/mol. The topological polar surface area (TPSA) is 43.8 Å². The number of nitrogen functional groups attached to an aromatic ring is 1. The zero-order chi connectivity index (χ0) is 14.4. The number of imidazole rings is 1. The van der Waals surface area contributed by atoms with Gasteiger partial charge in [-0.15, -0.1) is 0 Å². The molecule has 19 heavy (non-hydrogen) atoms. The zero-order valence-electron chi connectivity index (χ0n) is 10.2. The molecule has 0 bridgehead atoms. The van der Waals surface area contributed by atoms with Crippen molar-refractivity contribution in [3.8, 4) is 11.3 Å². The molecule has 0 aliphatic rings. The number of nitrogens with zero attached hydrogens (tertiary/aromatic N) is 2. The van der Waals surface area contributed by atoms with Crippen LogP contribution in [0.25, 0.3) is 11.3 Å². The van der Waals surface area contributed by atoms with E-state index in [1.54, 1.807) is 14.0 Å². The summed E-state index contributed by atoms with van der Waals surface area (Å²) >= 11 is 0. The summed E-state index contributed by atoms with van der Waals surface area (Å²) in [5.41, 5.74) is 4.42. The van der Waals surface area contributed by atoms with E-state index in [0.717, 1.165) is 12.1 Å². The molecule has 0 unspecified atom stereocenters. The third-order valence-electron chi connectivity index (χ3n) is 2.91. The number of rotatable bonds is 1. The molecule has 3 nitrogen and oxygen atoms in total. The highest BCUT2D eigenvalue weighted by Crippen LogP contribution is 2.38. The highest BCUT2D eigenvalue weighted by atomic mass is 19.4. The minimum atomic E-state index is -4.67. The van der Waals surface area contributed by atoms with Gasteiger partial charge in [0.05, 0.1) is 5.56 Å². The van der Waals surface area contributed by atoms with Gasteiger partial charge in [0, 0.05) is 12.6 Å². The van der Waals surface area contributed by atoms with Crippen molar-refractivity contribution in [3.63, 3.8) is 0 Å². The molecule has 7 heteroatoms. The number of aromatic nitrogens is 2. The fourth-order valence-electron chi connectivity index (χ4n) is 1.78. The highest BCUT2D eigenvalue weighted by Gasteiger charge is 2.35. The molecule has 0 fully saturated rings. The first-order valence-electron chi connectivity index (χ1n) is 5.37. The lowest BCUT2D eigenvalue weighted by Crippen LogP contribution is -2.08. The number of anilines is 1. The highest BCUT2D eigenvalue weighted by molar-refractivity contribution is 5.74. The van der Waals surface area contributed by atoms with Gasteiger partial charge in [-0.3, -0.25) is 0 Å². The van der Waals surface area contributed by atoms with Gasteiger partial charge in [0.2, 0.25) is 0 Å². The standard InChI is InChI=1S/C12H11F4N3/c1-6-18-10(11(17)19(6)2)8-4-3-7(13)5-9(8)12(14,15)16/h3-5H,17H2,1-2H3. The molecular weight excluding hydrogens is 262 g/mol. The Morgan fingerprint density at radius 3 is 2.37 bits per heavy atom. The van der Waals surface area contributed by atoms with Crippen LogP contribution in [0, 0.1) is 12.7 Å². The van der Waals surface area contributed by atoms with Crippen LogP contribution in [0.15, 0.2) is 18.2 Å². The molecule has 102 valence electrons. The van der Waals surface area contributed by atoms with E-state index in [-0.39, 0.29) is 17.1 Å². The number of nitrogens with two attached hydrogens (primary N) is 1. The summed E-state index contributed by atoms with van der Waals surface area (Å²) in [6, 6.07) is 2.43. The summed E-state index contributed by atoms with van der Waals surface area (Å²) in [7, 11) is 1.60. The fourth-order valence-corrected chi connectivity index (χ4v) is 1.78. The SMILES string of the molecule is Cc1nc(-c2ccc(F)cc2C(F)(F)F)c(N)n1C. The van der Waals surface area contributed by atoms with E-state index in [2.05, 4.69) is 4.98 Å².